The number of carboxylic acid groups (broad SMARTS) is 1. The number of hydrogen-bond acceptors (Lipinski definition) is 5. The Morgan fingerprint density at radius 2 is 2.14 bits per heavy atom. The number of carbonyl (C=O) groups excluding carboxylic acids is 1. The molecule has 108 valence electrons. The number of nitro benzene ring substituents is 1. The Bertz CT molecular complexity index is 737. The maximum atomic E-state index is 12.0. The van der Waals surface area contributed by atoms with Crippen LogP contribution in [0.4, 0.5) is 11.4 Å². The fourth-order valence-corrected chi connectivity index (χ4v) is 1.71. The van der Waals surface area contributed by atoms with Crippen LogP contribution < -0.4 is 5.32 Å². The maximum absolute atomic E-state index is 12.0. The monoisotopic (exact) mass is 290 g/mol. The first-order valence-corrected chi connectivity index (χ1v) is 5.73. The number of aromatic carboxylic acids is 1. The van der Waals surface area contributed by atoms with E-state index in [1.807, 2.05) is 0 Å². The minimum Gasteiger partial charge on any atom is -0.477 e. The van der Waals surface area contributed by atoms with E-state index in [0.29, 0.717) is 5.56 Å². The lowest BCUT2D eigenvalue weighted by Crippen LogP contribution is -2.17. The number of aromatic amines is 1. The summed E-state index contributed by atoms with van der Waals surface area (Å²) in [5.74, 6) is -2.20. The average Bonchev–Trinajstić information content (AvgIpc) is 2.90. The highest BCUT2D eigenvalue weighted by atomic mass is 16.6. The number of H-pyrrole nitrogens is 1. The lowest BCUT2D eigenvalue weighted by atomic mass is 10.2. The van der Waals surface area contributed by atoms with Gasteiger partial charge in [-0.2, -0.15) is 0 Å². The summed E-state index contributed by atoms with van der Waals surface area (Å²) in [5, 5.41) is 22.1. The number of amides is 1. The van der Waals surface area contributed by atoms with Crippen molar-refractivity contribution >= 4 is 23.3 Å². The molecule has 0 bridgehead atoms. The molecule has 0 aliphatic rings. The van der Waals surface area contributed by atoms with Gasteiger partial charge in [0.25, 0.3) is 11.6 Å². The van der Waals surface area contributed by atoms with Crippen LogP contribution in [0.1, 0.15) is 26.5 Å². The van der Waals surface area contributed by atoms with Gasteiger partial charge in [-0.1, -0.05) is 6.07 Å². The molecule has 3 N–H and O–H groups in total. The van der Waals surface area contributed by atoms with Crippen LogP contribution in [0.25, 0.3) is 0 Å². The van der Waals surface area contributed by atoms with Gasteiger partial charge in [-0.05, 0) is 18.6 Å². The second-order valence-electron chi connectivity index (χ2n) is 4.16. The summed E-state index contributed by atoms with van der Waals surface area (Å²) in [4.78, 5) is 39.1. The number of aryl methyl sites for hydroxylation is 1. The van der Waals surface area contributed by atoms with Gasteiger partial charge in [0, 0.05) is 6.07 Å². The van der Waals surface area contributed by atoms with Crippen molar-refractivity contribution in [1.82, 2.24) is 9.97 Å². The van der Waals surface area contributed by atoms with E-state index >= 15 is 0 Å². The number of carboxylic acids is 1. The smallest absolute Gasteiger partial charge is 0.354 e. The van der Waals surface area contributed by atoms with Crippen LogP contribution in [0, 0.1) is 17.0 Å². The average molecular weight is 290 g/mol. The molecule has 1 amide bonds. The molecule has 2 rings (SSSR count). The van der Waals surface area contributed by atoms with E-state index in [2.05, 4.69) is 15.3 Å². The lowest BCUT2D eigenvalue weighted by molar-refractivity contribution is -0.384. The Morgan fingerprint density at radius 3 is 2.76 bits per heavy atom. The molecule has 1 aromatic carbocycles. The van der Waals surface area contributed by atoms with Gasteiger partial charge < -0.3 is 15.4 Å². The quantitative estimate of drug-likeness (QED) is 0.577. The molecule has 0 radical (unpaired) electrons. The van der Waals surface area contributed by atoms with E-state index in [-0.39, 0.29) is 22.8 Å². The minimum absolute atomic E-state index is 0.0325. The number of rotatable bonds is 4. The van der Waals surface area contributed by atoms with Crippen molar-refractivity contribution in [3.63, 3.8) is 0 Å². The van der Waals surface area contributed by atoms with Crippen LogP contribution in [-0.4, -0.2) is 31.9 Å². The number of imidazole rings is 1. The zero-order valence-corrected chi connectivity index (χ0v) is 10.8. The Balaban J connectivity index is 2.34. The van der Waals surface area contributed by atoms with Gasteiger partial charge in [-0.25, -0.2) is 9.78 Å². The van der Waals surface area contributed by atoms with E-state index in [9.17, 15) is 19.7 Å². The fraction of sp³-hybridized carbons (Fsp3) is 0.0833. The number of carbonyl (C=O) groups is 2. The predicted molar refractivity (Wildman–Crippen MR) is 71.3 cm³/mol. The predicted octanol–water partition coefficient (Wildman–Crippen LogP) is 1.58. The van der Waals surface area contributed by atoms with Gasteiger partial charge in [0.2, 0.25) is 0 Å². The maximum Gasteiger partial charge on any atom is 0.354 e. The number of nitrogens with one attached hydrogen (secondary N) is 2. The molecule has 0 unspecified atom stereocenters. The van der Waals surface area contributed by atoms with Gasteiger partial charge in [-0.3, -0.25) is 14.9 Å². The van der Waals surface area contributed by atoms with Crippen molar-refractivity contribution in [2.24, 2.45) is 0 Å². The molecule has 9 heteroatoms. The Kier molecular flexibility index (Phi) is 3.65. The summed E-state index contributed by atoms with van der Waals surface area (Å²) in [6.45, 7) is 1.68. The summed E-state index contributed by atoms with van der Waals surface area (Å²) >= 11 is 0. The number of nitro groups is 1. The highest BCUT2D eigenvalue weighted by molar-refractivity contribution is 6.09. The standard InChI is InChI=1S/C12H10N4O5/c1-6-2-3-7(8(4-6)16(20)21)15-11(17)9-10(12(18)19)14-5-13-9/h2-5H,1H3,(H,13,14)(H,15,17)(H,18,19). The van der Waals surface area contributed by atoms with E-state index in [1.165, 1.54) is 12.1 Å². The SMILES string of the molecule is Cc1ccc(NC(=O)c2nc[nH]c2C(=O)O)c([N+](=O)[O-])c1. The van der Waals surface area contributed by atoms with Crippen molar-refractivity contribution in [1.29, 1.82) is 0 Å². The highest BCUT2D eigenvalue weighted by Gasteiger charge is 2.22. The van der Waals surface area contributed by atoms with Crippen LogP contribution in [0.2, 0.25) is 0 Å². The number of aromatic nitrogens is 2. The summed E-state index contributed by atoms with van der Waals surface area (Å²) in [5.41, 5.74) is -0.393. The molecular weight excluding hydrogens is 280 g/mol. The van der Waals surface area contributed by atoms with Gasteiger partial charge >= 0.3 is 5.97 Å². The van der Waals surface area contributed by atoms with Crippen LogP contribution in [0.5, 0.6) is 0 Å². The number of hydrogen-bond donors (Lipinski definition) is 3. The van der Waals surface area contributed by atoms with Gasteiger partial charge in [0.05, 0.1) is 11.3 Å². The molecule has 21 heavy (non-hydrogen) atoms. The summed E-state index contributed by atoms with van der Waals surface area (Å²) in [6.07, 6.45) is 1.06. The van der Waals surface area contributed by atoms with Gasteiger partial charge in [0.1, 0.15) is 5.69 Å². The van der Waals surface area contributed by atoms with Crippen molar-refractivity contribution in [2.75, 3.05) is 5.32 Å². The first-order chi connectivity index (χ1) is 9.90. The van der Waals surface area contributed by atoms with E-state index in [4.69, 9.17) is 5.11 Å². The largest absolute Gasteiger partial charge is 0.477 e. The third-order valence-corrected chi connectivity index (χ3v) is 2.67. The number of anilines is 1. The van der Waals surface area contributed by atoms with Gasteiger partial charge in [0.15, 0.2) is 11.4 Å². The minimum atomic E-state index is -1.35. The van der Waals surface area contributed by atoms with Crippen LogP contribution >= 0.6 is 0 Å². The van der Waals surface area contributed by atoms with Crippen LogP contribution in [0.15, 0.2) is 24.5 Å². The van der Waals surface area contributed by atoms with Crippen LogP contribution in [0.3, 0.4) is 0 Å². The normalized spacial score (nSPS) is 10.1. The van der Waals surface area contributed by atoms with Crippen molar-refractivity contribution in [2.45, 2.75) is 6.92 Å². The van der Waals surface area contributed by atoms with E-state index in [0.717, 1.165) is 6.33 Å². The van der Waals surface area contributed by atoms with Crippen molar-refractivity contribution in [3.05, 3.63) is 51.6 Å². The van der Waals surface area contributed by atoms with E-state index < -0.39 is 16.8 Å². The molecule has 0 aliphatic carbocycles. The molecule has 0 aliphatic heterocycles. The number of benzene rings is 1. The zero-order valence-electron chi connectivity index (χ0n) is 10.8. The fourth-order valence-electron chi connectivity index (χ4n) is 1.71. The molecule has 0 atom stereocenters. The molecule has 1 aromatic heterocycles. The first kappa shape index (κ1) is 14.2. The third kappa shape index (κ3) is 2.86. The Labute approximate surface area is 117 Å². The summed E-state index contributed by atoms with van der Waals surface area (Å²) in [7, 11) is 0. The van der Waals surface area contributed by atoms with Crippen molar-refractivity contribution < 1.29 is 19.6 Å². The molecule has 2 aromatic rings. The van der Waals surface area contributed by atoms with Crippen molar-refractivity contribution in [3.8, 4) is 0 Å². The lowest BCUT2D eigenvalue weighted by Gasteiger charge is -2.05. The zero-order chi connectivity index (χ0) is 15.6. The Hall–Kier alpha value is -3.23. The number of nitrogens with zero attached hydrogens (tertiary/aromatic N) is 2. The van der Waals surface area contributed by atoms with Crippen LogP contribution in [-0.2, 0) is 0 Å². The second kappa shape index (κ2) is 5.41. The topological polar surface area (TPSA) is 138 Å². The summed E-state index contributed by atoms with van der Waals surface area (Å²) in [6, 6.07) is 4.27. The highest BCUT2D eigenvalue weighted by Crippen LogP contribution is 2.25. The van der Waals surface area contributed by atoms with E-state index in [1.54, 1.807) is 13.0 Å². The second-order valence-corrected chi connectivity index (χ2v) is 4.16. The third-order valence-electron chi connectivity index (χ3n) is 2.67. The molecule has 0 saturated heterocycles. The summed E-state index contributed by atoms with van der Waals surface area (Å²) < 4.78 is 0. The first-order valence-electron chi connectivity index (χ1n) is 5.73. The molecule has 1 heterocycles. The Morgan fingerprint density at radius 1 is 1.43 bits per heavy atom. The van der Waals surface area contributed by atoms with Gasteiger partial charge in [-0.15, -0.1) is 0 Å². The molecule has 0 spiro atoms. The molecular formula is C12H10N4O5. The molecule has 9 nitrogen and oxygen atoms in total. The molecule has 0 fully saturated rings. The molecule has 0 saturated carbocycles.